The van der Waals surface area contributed by atoms with Gasteiger partial charge >= 0.3 is 0 Å². The maximum Gasteiger partial charge on any atom is 0.255 e. The van der Waals surface area contributed by atoms with Gasteiger partial charge in [0.1, 0.15) is 5.82 Å². The lowest BCUT2D eigenvalue weighted by Crippen LogP contribution is -2.30. The van der Waals surface area contributed by atoms with Gasteiger partial charge in [-0.25, -0.2) is 4.39 Å². The molecule has 5 rings (SSSR count). The number of benzene rings is 2. The molecule has 1 unspecified atom stereocenters. The zero-order chi connectivity index (χ0) is 19.4. The number of aryl methyl sites for hydroxylation is 1. The highest BCUT2D eigenvalue weighted by Gasteiger charge is 2.43. The van der Waals surface area contributed by atoms with Crippen LogP contribution in [0.15, 0.2) is 59.7 Å². The zero-order valence-corrected chi connectivity index (χ0v) is 16.2. The predicted molar refractivity (Wildman–Crippen MR) is 110 cm³/mol. The Morgan fingerprint density at radius 1 is 1.00 bits per heavy atom. The lowest BCUT2D eigenvalue weighted by atomic mass is 9.86. The van der Waals surface area contributed by atoms with Crippen molar-refractivity contribution in [2.45, 2.75) is 38.6 Å². The van der Waals surface area contributed by atoms with Crippen molar-refractivity contribution in [2.75, 3.05) is 4.90 Å². The molecular weight excluding hydrogens is 351 g/mol. The summed E-state index contributed by atoms with van der Waals surface area (Å²) in [6.07, 6.45) is 3.96. The molecule has 1 aromatic heterocycles. The van der Waals surface area contributed by atoms with Crippen molar-refractivity contribution in [3.05, 3.63) is 76.8 Å². The normalized spacial score (nSPS) is 19.6. The number of rotatable bonds is 2. The monoisotopic (exact) mass is 374 g/mol. The van der Waals surface area contributed by atoms with Crippen molar-refractivity contribution >= 4 is 22.5 Å². The van der Waals surface area contributed by atoms with Gasteiger partial charge in [0.25, 0.3) is 5.91 Å². The molecule has 0 fully saturated rings. The summed E-state index contributed by atoms with van der Waals surface area (Å²) in [6, 6.07) is 14.6. The van der Waals surface area contributed by atoms with Crippen molar-refractivity contribution in [1.29, 1.82) is 0 Å². The van der Waals surface area contributed by atoms with Gasteiger partial charge in [-0.1, -0.05) is 18.2 Å². The van der Waals surface area contributed by atoms with Crippen molar-refractivity contribution in [2.24, 2.45) is 7.05 Å². The number of anilines is 1. The summed E-state index contributed by atoms with van der Waals surface area (Å²) < 4.78 is 15.8. The van der Waals surface area contributed by atoms with Crippen LogP contribution in [0.25, 0.3) is 10.9 Å². The third-order valence-corrected chi connectivity index (χ3v) is 6.40. The number of fused-ring (bicyclic) bond motifs is 1. The van der Waals surface area contributed by atoms with Gasteiger partial charge in [-0.2, -0.15) is 0 Å². The minimum absolute atomic E-state index is 0.0821. The van der Waals surface area contributed by atoms with Gasteiger partial charge in [0.15, 0.2) is 0 Å². The van der Waals surface area contributed by atoms with Crippen LogP contribution >= 0.6 is 0 Å². The molecule has 2 aromatic carbocycles. The average Bonchev–Trinajstić information content (AvgIpc) is 3.14. The van der Waals surface area contributed by atoms with Crippen LogP contribution in [0.3, 0.4) is 0 Å². The second-order valence-electron chi connectivity index (χ2n) is 7.84. The summed E-state index contributed by atoms with van der Waals surface area (Å²) in [5.41, 5.74) is 6.52. The van der Waals surface area contributed by atoms with Crippen LogP contribution in [0.2, 0.25) is 0 Å². The second kappa shape index (κ2) is 6.33. The highest BCUT2D eigenvalue weighted by atomic mass is 19.1. The van der Waals surface area contributed by atoms with Crippen LogP contribution in [0.1, 0.15) is 43.0 Å². The molecule has 3 aromatic rings. The number of halogens is 1. The number of nitrogens with zero attached hydrogens (tertiary/aromatic N) is 2. The van der Waals surface area contributed by atoms with E-state index in [-0.39, 0.29) is 17.8 Å². The smallest absolute Gasteiger partial charge is 0.255 e. The number of carbonyl (C=O) groups is 1. The van der Waals surface area contributed by atoms with E-state index in [1.807, 2.05) is 4.90 Å². The molecule has 0 radical (unpaired) electrons. The van der Waals surface area contributed by atoms with Crippen LogP contribution in [0.5, 0.6) is 0 Å². The summed E-state index contributed by atoms with van der Waals surface area (Å²) >= 11 is 0. The van der Waals surface area contributed by atoms with Crippen molar-refractivity contribution in [1.82, 2.24) is 4.57 Å². The summed E-state index contributed by atoms with van der Waals surface area (Å²) in [7, 11) is 2.08. The van der Waals surface area contributed by atoms with Crippen molar-refractivity contribution in [3.8, 4) is 0 Å². The summed E-state index contributed by atoms with van der Waals surface area (Å²) in [4.78, 5) is 15.3. The molecule has 2 aliphatic rings. The van der Waals surface area contributed by atoms with E-state index in [4.69, 9.17) is 0 Å². The molecule has 1 aliphatic heterocycles. The van der Waals surface area contributed by atoms with E-state index in [1.54, 1.807) is 12.1 Å². The molecule has 1 aliphatic carbocycles. The fourth-order valence-corrected chi connectivity index (χ4v) is 4.96. The molecule has 0 N–H and O–H groups in total. The molecule has 1 amide bonds. The Morgan fingerprint density at radius 3 is 2.50 bits per heavy atom. The Morgan fingerprint density at radius 2 is 1.71 bits per heavy atom. The van der Waals surface area contributed by atoms with E-state index in [0.29, 0.717) is 0 Å². The molecule has 28 heavy (non-hydrogen) atoms. The molecule has 2 heterocycles. The number of para-hydroxylation sites is 1. The van der Waals surface area contributed by atoms with Gasteiger partial charge in [0.2, 0.25) is 0 Å². The molecule has 0 bridgehead atoms. The molecule has 0 saturated carbocycles. The largest absolute Gasteiger partial charge is 0.348 e. The van der Waals surface area contributed by atoms with E-state index in [2.05, 4.69) is 42.8 Å². The first-order valence-electron chi connectivity index (χ1n) is 9.93. The molecule has 1 atom stereocenters. The van der Waals surface area contributed by atoms with E-state index < -0.39 is 0 Å². The van der Waals surface area contributed by atoms with E-state index in [0.717, 1.165) is 36.9 Å². The summed E-state index contributed by atoms with van der Waals surface area (Å²) in [6.45, 7) is 2.13. The fourth-order valence-electron chi connectivity index (χ4n) is 4.96. The standard InChI is InChI=1S/C24H23FN2O/c1-15-22(20-9-5-6-10-21(20)26(15)2)23-18-7-3-4-8-19(18)24(28)27(23)17-13-11-16(25)12-14-17/h5-6,9-14,23H,3-4,7-8H2,1-2H3. The Labute approximate surface area is 164 Å². The van der Waals surface area contributed by atoms with Crippen LogP contribution in [-0.4, -0.2) is 10.5 Å². The Balaban J connectivity index is 1.77. The third kappa shape index (κ3) is 2.37. The minimum atomic E-state index is -0.286. The second-order valence-corrected chi connectivity index (χ2v) is 7.84. The number of hydrogen-bond acceptors (Lipinski definition) is 1. The van der Waals surface area contributed by atoms with E-state index in [9.17, 15) is 9.18 Å². The summed E-state index contributed by atoms with van der Waals surface area (Å²) in [5, 5.41) is 1.19. The highest BCUT2D eigenvalue weighted by molar-refractivity contribution is 6.11. The van der Waals surface area contributed by atoms with Gasteiger partial charge in [-0.3, -0.25) is 9.69 Å². The molecule has 4 heteroatoms. The van der Waals surface area contributed by atoms with E-state index >= 15 is 0 Å². The topological polar surface area (TPSA) is 25.2 Å². The minimum Gasteiger partial charge on any atom is -0.348 e. The van der Waals surface area contributed by atoms with E-state index in [1.165, 1.54) is 39.9 Å². The Hall–Kier alpha value is -2.88. The third-order valence-electron chi connectivity index (χ3n) is 6.40. The lowest BCUT2D eigenvalue weighted by Gasteiger charge is -2.28. The first-order chi connectivity index (χ1) is 13.6. The van der Waals surface area contributed by atoms with Crippen LogP contribution in [0, 0.1) is 12.7 Å². The maximum absolute atomic E-state index is 13.5. The molecular formula is C24H23FN2O. The number of carbonyl (C=O) groups excluding carboxylic acids is 1. The SMILES string of the molecule is Cc1c(C2C3=C(CCCC3)C(=O)N2c2ccc(F)cc2)c2ccccc2n1C. The van der Waals surface area contributed by atoms with Gasteiger partial charge in [0, 0.05) is 40.5 Å². The average molecular weight is 374 g/mol. The highest BCUT2D eigenvalue weighted by Crippen LogP contribution is 2.49. The van der Waals surface area contributed by atoms with Gasteiger partial charge in [0.05, 0.1) is 6.04 Å². The first kappa shape index (κ1) is 17.2. The lowest BCUT2D eigenvalue weighted by molar-refractivity contribution is -0.115. The fraction of sp³-hybridized carbons (Fsp3) is 0.292. The van der Waals surface area contributed by atoms with Crippen LogP contribution in [-0.2, 0) is 11.8 Å². The molecule has 0 saturated heterocycles. The van der Waals surface area contributed by atoms with Crippen LogP contribution in [0.4, 0.5) is 10.1 Å². The van der Waals surface area contributed by atoms with Crippen LogP contribution < -0.4 is 4.90 Å². The molecule has 0 spiro atoms. The quantitative estimate of drug-likeness (QED) is 0.574. The number of amides is 1. The number of hydrogen-bond donors (Lipinski definition) is 0. The zero-order valence-electron chi connectivity index (χ0n) is 16.2. The first-order valence-corrected chi connectivity index (χ1v) is 9.93. The predicted octanol–water partition coefficient (Wildman–Crippen LogP) is 5.58. The Bertz CT molecular complexity index is 1120. The number of aromatic nitrogens is 1. The van der Waals surface area contributed by atoms with Gasteiger partial charge in [-0.15, -0.1) is 0 Å². The Kier molecular flexibility index (Phi) is 3.90. The maximum atomic E-state index is 13.5. The molecule has 142 valence electrons. The van der Waals surface area contributed by atoms with Crippen molar-refractivity contribution in [3.63, 3.8) is 0 Å². The van der Waals surface area contributed by atoms with Gasteiger partial charge < -0.3 is 4.57 Å². The summed E-state index contributed by atoms with van der Waals surface area (Å²) in [5.74, 6) is -0.204. The van der Waals surface area contributed by atoms with Crippen molar-refractivity contribution < 1.29 is 9.18 Å². The molecule has 3 nitrogen and oxygen atoms in total. The van der Waals surface area contributed by atoms with Gasteiger partial charge in [-0.05, 0) is 68.5 Å².